The Bertz CT molecular complexity index is 707. The van der Waals surface area contributed by atoms with Crippen molar-refractivity contribution in [2.24, 2.45) is 0 Å². The monoisotopic (exact) mass is 571 g/mol. The Hall–Kier alpha value is -1.91. The van der Waals surface area contributed by atoms with Gasteiger partial charge in [0.05, 0.1) is 18.8 Å². The number of rotatable bonds is 29. The minimum atomic E-state index is -0.869. The molecule has 0 saturated carbocycles. The molecule has 0 aliphatic heterocycles. The van der Waals surface area contributed by atoms with Crippen molar-refractivity contribution in [3.8, 4) is 0 Å². The summed E-state index contributed by atoms with van der Waals surface area (Å²) < 4.78 is 0. The molecule has 4 nitrogen and oxygen atoms in total. The Morgan fingerprint density at radius 2 is 1.10 bits per heavy atom. The fourth-order valence-electron chi connectivity index (χ4n) is 4.62. The third-order valence-corrected chi connectivity index (χ3v) is 7.23. The maximum absolute atomic E-state index is 12.3. The number of amides is 1. The summed E-state index contributed by atoms with van der Waals surface area (Å²) in [7, 11) is 0. The fourth-order valence-corrected chi connectivity index (χ4v) is 4.62. The zero-order chi connectivity index (χ0) is 30.1. The number of aliphatic hydroxyl groups excluding tert-OH is 2. The van der Waals surface area contributed by atoms with Gasteiger partial charge < -0.3 is 15.5 Å². The minimum absolute atomic E-state index is 0.0958. The second-order valence-corrected chi connectivity index (χ2v) is 11.2. The van der Waals surface area contributed by atoms with Crippen LogP contribution >= 0.6 is 0 Å². The Balaban J connectivity index is 3.76. The summed E-state index contributed by atoms with van der Waals surface area (Å²) in [5.41, 5.74) is 0. The normalized spacial score (nSPS) is 14.0. The van der Waals surface area contributed by atoms with Crippen molar-refractivity contribution in [3.05, 3.63) is 60.8 Å². The molecular weight excluding hydrogens is 506 g/mol. The molecule has 1 amide bonds. The smallest absolute Gasteiger partial charge is 0.220 e. The number of carbonyl (C=O) groups excluding carboxylic acids is 1. The van der Waals surface area contributed by atoms with Crippen LogP contribution in [0.25, 0.3) is 0 Å². The second-order valence-electron chi connectivity index (χ2n) is 11.2. The summed E-state index contributed by atoms with van der Waals surface area (Å²) in [5, 5.41) is 22.8. The van der Waals surface area contributed by atoms with E-state index in [2.05, 4.69) is 67.8 Å². The van der Waals surface area contributed by atoms with Gasteiger partial charge in [0.2, 0.25) is 5.91 Å². The quantitative estimate of drug-likeness (QED) is 0.0618. The standard InChI is InChI=1S/C37H65NO3/c1-3-5-7-9-11-13-15-17-19-21-23-25-27-29-31-33-37(41)38-35(34-39)36(40)32-30-28-26-24-22-20-18-16-14-12-10-8-6-4-2/h5,7,11,13,17,19,22,24,30,32,35-36,39-40H,3-4,6,8-10,12,14-16,18,20-21,23,25-29,31,33-34H2,1-2H3,(H,38,41)/b7-5-,13-11-,19-17-,24-22+,32-30+. The summed E-state index contributed by atoms with van der Waals surface area (Å²) in [4.78, 5) is 12.3. The lowest BCUT2D eigenvalue weighted by Crippen LogP contribution is -2.45. The zero-order valence-corrected chi connectivity index (χ0v) is 26.8. The summed E-state index contributed by atoms with van der Waals surface area (Å²) in [6.07, 6.45) is 44.4. The van der Waals surface area contributed by atoms with Crippen LogP contribution in [-0.2, 0) is 4.79 Å². The molecular formula is C37H65NO3. The Labute approximate surface area is 254 Å². The first-order valence-electron chi connectivity index (χ1n) is 17.0. The first-order chi connectivity index (χ1) is 20.2. The summed E-state index contributed by atoms with van der Waals surface area (Å²) in [6.45, 7) is 4.14. The first-order valence-corrected chi connectivity index (χ1v) is 17.0. The fraction of sp³-hybridized carbons (Fsp3) is 0.703. The lowest BCUT2D eigenvalue weighted by Gasteiger charge is -2.19. The van der Waals surface area contributed by atoms with Crippen molar-refractivity contribution in [1.82, 2.24) is 5.32 Å². The van der Waals surface area contributed by atoms with Crippen LogP contribution in [0.1, 0.15) is 149 Å². The highest BCUT2D eigenvalue weighted by atomic mass is 16.3. The van der Waals surface area contributed by atoms with Gasteiger partial charge >= 0.3 is 0 Å². The van der Waals surface area contributed by atoms with Gasteiger partial charge in [0.1, 0.15) is 0 Å². The van der Waals surface area contributed by atoms with Crippen LogP contribution in [-0.4, -0.2) is 34.9 Å². The molecule has 2 unspecified atom stereocenters. The van der Waals surface area contributed by atoms with Crippen LogP contribution in [0.3, 0.4) is 0 Å². The van der Waals surface area contributed by atoms with Crippen LogP contribution < -0.4 is 5.32 Å². The van der Waals surface area contributed by atoms with Crippen molar-refractivity contribution >= 4 is 5.91 Å². The van der Waals surface area contributed by atoms with Crippen molar-refractivity contribution < 1.29 is 15.0 Å². The van der Waals surface area contributed by atoms with Crippen LogP contribution in [0.4, 0.5) is 0 Å². The molecule has 0 aromatic rings. The molecule has 0 rings (SSSR count). The van der Waals surface area contributed by atoms with E-state index < -0.39 is 12.1 Å². The van der Waals surface area contributed by atoms with Gasteiger partial charge in [-0.05, 0) is 64.2 Å². The molecule has 0 aromatic carbocycles. The lowest BCUT2D eigenvalue weighted by molar-refractivity contribution is -0.123. The molecule has 0 fully saturated rings. The van der Waals surface area contributed by atoms with Crippen molar-refractivity contribution in [3.63, 3.8) is 0 Å². The molecule has 0 heterocycles. The molecule has 2 atom stereocenters. The maximum Gasteiger partial charge on any atom is 0.220 e. The average Bonchev–Trinajstić information content (AvgIpc) is 2.97. The van der Waals surface area contributed by atoms with E-state index in [1.165, 1.54) is 64.2 Å². The lowest BCUT2D eigenvalue weighted by atomic mass is 10.1. The molecule has 0 aromatic heterocycles. The number of nitrogens with one attached hydrogen (secondary N) is 1. The van der Waals surface area contributed by atoms with E-state index in [1.807, 2.05) is 6.08 Å². The molecule has 0 spiro atoms. The highest BCUT2D eigenvalue weighted by Gasteiger charge is 2.17. The van der Waals surface area contributed by atoms with E-state index in [1.54, 1.807) is 6.08 Å². The molecule has 0 aliphatic carbocycles. The zero-order valence-electron chi connectivity index (χ0n) is 26.8. The summed E-state index contributed by atoms with van der Waals surface area (Å²) >= 11 is 0. The number of hydrogen-bond donors (Lipinski definition) is 3. The van der Waals surface area contributed by atoms with Crippen LogP contribution in [0.5, 0.6) is 0 Å². The van der Waals surface area contributed by atoms with Gasteiger partial charge in [-0.1, -0.05) is 139 Å². The molecule has 0 aliphatic rings. The van der Waals surface area contributed by atoms with Gasteiger partial charge in [-0.25, -0.2) is 0 Å². The van der Waals surface area contributed by atoms with Gasteiger partial charge in [0, 0.05) is 6.42 Å². The summed E-state index contributed by atoms with van der Waals surface area (Å²) in [5.74, 6) is -0.0958. The van der Waals surface area contributed by atoms with E-state index in [0.29, 0.717) is 6.42 Å². The van der Waals surface area contributed by atoms with Crippen molar-refractivity contribution in [2.45, 2.75) is 161 Å². The molecule has 0 radical (unpaired) electrons. The number of hydrogen-bond acceptors (Lipinski definition) is 3. The van der Waals surface area contributed by atoms with E-state index >= 15 is 0 Å². The van der Waals surface area contributed by atoms with Gasteiger partial charge in [0.25, 0.3) is 0 Å². The number of aliphatic hydroxyl groups is 2. The molecule has 0 bridgehead atoms. The first kappa shape index (κ1) is 39.1. The molecule has 41 heavy (non-hydrogen) atoms. The predicted molar refractivity (Wildman–Crippen MR) is 179 cm³/mol. The molecule has 236 valence electrons. The third-order valence-electron chi connectivity index (χ3n) is 7.23. The van der Waals surface area contributed by atoms with Gasteiger partial charge in [-0.15, -0.1) is 0 Å². The van der Waals surface area contributed by atoms with E-state index in [9.17, 15) is 15.0 Å². The number of unbranched alkanes of at least 4 members (excludes halogenated alkanes) is 14. The van der Waals surface area contributed by atoms with E-state index in [4.69, 9.17) is 0 Å². The Morgan fingerprint density at radius 3 is 1.71 bits per heavy atom. The summed E-state index contributed by atoms with van der Waals surface area (Å²) in [6, 6.07) is -0.647. The minimum Gasteiger partial charge on any atom is -0.394 e. The predicted octanol–water partition coefficient (Wildman–Crippen LogP) is 9.84. The second kappa shape index (κ2) is 32.6. The molecule has 4 heteroatoms. The van der Waals surface area contributed by atoms with Crippen molar-refractivity contribution in [1.29, 1.82) is 0 Å². The topological polar surface area (TPSA) is 69.6 Å². The van der Waals surface area contributed by atoms with Gasteiger partial charge in [0.15, 0.2) is 0 Å². The average molecular weight is 572 g/mol. The van der Waals surface area contributed by atoms with Crippen LogP contribution in [0, 0.1) is 0 Å². The van der Waals surface area contributed by atoms with Crippen LogP contribution in [0.15, 0.2) is 60.8 Å². The molecule has 0 saturated heterocycles. The Kier molecular flexibility index (Phi) is 31.1. The number of carbonyl (C=O) groups is 1. The number of allylic oxidation sites excluding steroid dienone is 9. The van der Waals surface area contributed by atoms with Crippen molar-refractivity contribution in [2.75, 3.05) is 6.61 Å². The largest absolute Gasteiger partial charge is 0.394 e. The van der Waals surface area contributed by atoms with Crippen LogP contribution in [0.2, 0.25) is 0 Å². The SMILES string of the molecule is CC/C=C\C/C=C\C/C=C\CCCCCCCC(=O)NC(CO)C(O)/C=C/CC/C=C/CCCCCCCCCC. The third kappa shape index (κ3) is 29.4. The van der Waals surface area contributed by atoms with Gasteiger partial charge in [-0.2, -0.15) is 0 Å². The van der Waals surface area contributed by atoms with E-state index in [0.717, 1.165) is 64.2 Å². The molecule has 3 N–H and O–H groups in total. The highest BCUT2D eigenvalue weighted by molar-refractivity contribution is 5.76. The maximum atomic E-state index is 12.3. The van der Waals surface area contributed by atoms with Gasteiger partial charge in [-0.3, -0.25) is 4.79 Å². The highest BCUT2D eigenvalue weighted by Crippen LogP contribution is 2.11. The Morgan fingerprint density at radius 1 is 0.610 bits per heavy atom. The van der Waals surface area contributed by atoms with E-state index in [-0.39, 0.29) is 12.5 Å².